The molecule has 2 unspecified atom stereocenters. The Labute approximate surface area is 116 Å². The smallest absolute Gasteiger partial charge is 0.0874 e. The van der Waals surface area contributed by atoms with Crippen molar-refractivity contribution in [1.82, 2.24) is 9.88 Å². The molecular weight excluding hydrogens is 294 g/mol. The van der Waals surface area contributed by atoms with Crippen molar-refractivity contribution < 1.29 is 4.74 Å². The number of hydrogen-bond donors (Lipinski definition) is 1. The summed E-state index contributed by atoms with van der Waals surface area (Å²) in [5.74, 6) is 0. The minimum absolute atomic E-state index is 0.290. The van der Waals surface area contributed by atoms with Gasteiger partial charge in [-0.2, -0.15) is 0 Å². The van der Waals surface area contributed by atoms with Crippen molar-refractivity contribution in [2.45, 2.75) is 25.0 Å². The summed E-state index contributed by atoms with van der Waals surface area (Å²) in [6.45, 7) is 4.03. The third-order valence-electron chi connectivity index (χ3n) is 3.70. The van der Waals surface area contributed by atoms with Crippen molar-refractivity contribution >= 4 is 21.6 Å². The fourth-order valence-electron chi connectivity index (χ4n) is 2.75. The molecule has 0 aromatic carbocycles. The number of anilines is 1. The molecule has 5 heteroatoms. The van der Waals surface area contributed by atoms with Crippen LogP contribution in [-0.2, 0) is 4.74 Å². The fourth-order valence-corrected chi connectivity index (χ4v) is 3.11. The first kappa shape index (κ1) is 12.4. The first-order valence-electron chi connectivity index (χ1n) is 6.51. The number of pyridine rings is 1. The summed E-state index contributed by atoms with van der Waals surface area (Å²) >= 11 is 3.42. The van der Waals surface area contributed by atoms with Gasteiger partial charge in [0, 0.05) is 29.8 Å². The fraction of sp³-hybridized carbons (Fsp3) is 0.615. The van der Waals surface area contributed by atoms with Gasteiger partial charge in [0.1, 0.15) is 0 Å². The second-order valence-corrected chi connectivity index (χ2v) is 5.93. The Morgan fingerprint density at radius 2 is 2.44 bits per heavy atom. The van der Waals surface area contributed by atoms with Crippen LogP contribution in [0.1, 0.15) is 12.8 Å². The molecule has 1 aromatic rings. The topological polar surface area (TPSA) is 37.4 Å². The monoisotopic (exact) mass is 311 g/mol. The molecule has 2 saturated heterocycles. The molecule has 0 bridgehead atoms. The average molecular weight is 312 g/mol. The van der Waals surface area contributed by atoms with Gasteiger partial charge in [-0.1, -0.05) is 0 Å². The Morgan fingerprint density at radius 3 is 3.33 bits per heavy atom. The predicted molar refractivity (Wildman–Crippen MR) is 74.8 cm³/mol. The van der Waals surface area contributed by atoms with E-state index in [1.165, 1.54) is 19.4 Å². The second kappa shape index (κ2) is 5.55. The molecule has 3 rings (SSSR count). The van der Waals surface area contributed by atoms with Gasteiger partial charge in [-0.05, 0) is 41.4 Å². The zero-order chi connectivity index (χ0) is 12.4. The van der Waals surface area contributed by atoms with E-state index in [4.69, 9.17) is 4.74 Å². The molecule has 2 fully saturated rings. The summed E-state index contributed by atoms with van der Waals surface area (Å²) in [4.78, 5) is 6.71. The van der Waals surface area contributed by atoms with E-state index in [9.17, 15) is 0 Å². The number of rotatable bonds is 3. The minimum atomic E-state index is 0.290. The van der Waals surface area contributed by atoms with Gasteiger partial charge in [0.2, 0.25) is 0 Å². The molecule has 0 amide bonds. The zero-order valence-electron chi connectivity index (χ0n) is 10.3. The first-order valence-corrected chi connectivity index (χ1v) is 7.30. The summed E-state index contributed by atoms with van der Waals surface area (Å²) in [7, 11) is 0. The van der Waals surface area contributed by atoms with Crippen molar-refractivity contribution in [2.75, 3.05) is 31.6 Å². The van der Waals surface area contributed by atoms with Crippen LogP contribution in [0.15, 0.2) is 22.9 Å². The largest absolute Gasteiger partial charge is 0.381 e. The third-order valence-corrected chi connectivity index (χ3v) is 4.13. The Balaban J connectivity index is 1.51. The maximum absolute atomic E-state index is 5.91. The molecule has 1 N–H and O–H groups in total. The van der Waals surface area contributed by atoms with Gasteiger partial charge in [0.25, 0.3) is 0 Å². The molecule has 18 heavy (non-hydrogen) atoms. The number of nitrogens with zero attached hydrogens (tertiary/aromatic N) is 2. The lowest BCUT2D eigenvalue weighted by Crippen LogP contribution is -2.48. The molecule has 2 atom stereocenters. The number of morpholine rings is 1. The van der Waals surface area contributed by atoms with Gasteiger partial charge >= 0.3 is 0 Å². The average Bonchev–Trinajstić information content (AvgIpc) is 2.84. The van der Waals surface area contributed by atoms with Crippen LogP contribution < -0.4 is 5.32 Å². The van der Waals surface area contributed by atoms with Gasteiger partial charge in [-0.15, -0.1) is 0 Å². The van der Waals surface area contributed by atoms with Gasteiger partial charge in [-0.25, -0.2) is 0 Å². The molecule has 0 spiro atoms. The van der Waals surface area contributed by atoms with Crippen LogP contribution in [0.4, 0.5) is 5.69 Å². The second-order valence-electron chi connectivity index (χ2n) is 5.02. The van der Waals surface area contributed by atoms with E-state index in [1.54, 1.807) is 6.20 Å². The Hall–Kier alpha value is -0.650. The normalized spacial score (nSPS) is 28.1. The Bertz CT molecular complexity index is 415. The molecule has 4 nitrogen and oxygen atoms in total. The van der Waals surface area contributed by atoms with Crippen LogP contribution in [0.3, 0.4) is 0 Å². The van der Waals surface area contributed by atoms with Crippen LogP contribution in [0.5, 0.6) is 0 Å². The highest BCUT2D eigenvalue weighted by Gasteiger charge is 2.31. The van der Waals surface area contributed by atoms with Crippen LogP contribution >= 0.6 is 15.9 Å². The molecule has 0 aliphatic carbocycles. The molecular formula is C13H18BrN3O. The Kier molecular flexibility index (Phi) is 3.82. The third kappa shape index (κ3) is 2.84. The van der Waals surface area contributed by atoms with Crippen LogP contribution in [-0.4, -0.2) is 48.3 Å². The summed E-state index contributed by atoms with van der Waals surface area (Å²) in [5, 5.41) is 3.39. The summed E-state index contributed by atoms with van der Waals surface area (Å²) in [6, 6.07) is 2.71. The Morgan fingerprint density at radius 1 is 1.50 bits per heavy atom. The maximum atomic E-state index is 5.91. The minimum Gasteiger partial charge on any atom is -0.381 e. The van der Waals surface area contributed by atoms with Crippen molar-refractivity contribution in [3.63, 3.8) is 0 Å². The number of aromatic nitrogens is 1. The number of nitrogens with one attached hydrogen (secondary N) is 1. The first-order chi connectivity index (χ1) is 8.81. The lowest BCUT2D eigenvalue weighted by atomic mass is 10.2. The van der Waals surface area contributed by atoms with Crippen molar-refractivity contribution in [1.29, 1.82) is 0 Å². The lowest BCUT2D eigenvalue weighted by molar-refractivity contribution is -0.0415. The van der Waals surface area contributed by atoms with Gasteiger partial charge in [-0.3, -0.25) is 9.88 Å². The molecule has 0 radical (unpaired) electrons. The lowest BCUT2D eigenvalue weighted by Gasteiger charge is -2.35. The van der Waals surface area contributed by atoms with Gasteiger partial charge < -0.3 is 10.1 Å². The van der Waals surface area contributed by atoms with Gasteiger partial charge in [0.05, 0.1) is 24.6 Å². The van der Waals surface area contributed by atoms with Gasteiger partial charge in [0.15, 0.2) is 0 Å². The van der Waals surface area contributed by atoms with E-state index in [0.717, 1.165) is 29.9 Å². The van der Waals surface area contributed by atoms with E-state index in [1.807, 2.05) is 12.3 Å². The van der Waals surface area contributed by atoms with Crippen LogP contribution in [0.25, 0.3) is 0 Å². The summed E-state index contributed by atoms with van der Waals surface area (Å²) in [6.07, 6.45) is 6.54. The molecule has 98 valence electrons. The van der Waals surface area contributed by atoms with E-state index in [2.05, 4.69) is 31.1 Å². The van der Waals surface area contributed by atoms with E-state index in [-0.39, 0.29) is 0 Å². The zero-order valence-corrected chi connectivity index (χ0v) is 11.9. The number of fused-ring (bicyclic) bond motifs is 1. The number of halogens is 1. The quantitative estimate of drug-likeness (QED) is 0.928. The van der Waals surface area contributed by atoms with E-state index in [0.29, 0.717) is 12.1 Å². The molecule has 1 aromatic heterocycles. The van der Waals surface area contributed by atoms with E-state index < -0.39 is 0 Å². The van der Waals surface area contributed by atoms with Crippen LogP contribution in [0, 0.1) is 0 Å². The maximum Gasteiger partial charge on any atom is 0.0874 e. The van der Waals surface area contributed by atoms with E-state index >= 15 is 0 Å². The molecule has 2 aliphatic rings. The molecule has 0 saturated carbocycles. The van der Waals surface area contributed by atoms with Crippen molar-refractivity contribution in [3.8, 4) is 0 Å². The predicted octanol–water partition coefficient (Wildman–Crippen LogP) is 2.12. The van der Waals surface area contributed by atoms with Crippen molar-refractivity contribution in [3.05, 3.63) is 22.9 Å². The highest BCUT2D eigenvalue weighted by Crippen LogP contribution is 2.23. The highest BCUT2D eigenvalue weighted by molar-refractivity contribution is 9.10. The summed E-state index contributed by atoms with van der Waals surface area (Å²) < 4.78 is 6.90. The number of hydrogen-bond acceptors (Lipinski definition) is 4. The molecule has 2 aliphatic heterocycles. The number of ether oxygens (including phenoxy) is 1. The standard InChI is InChI=1S/C13H18BrN3O/c14-10-4-11(6-15-5-10)16-7-13-8-17-3-1-2-12(17)9-18-13/h4-6,12-13,16H,1-3,7-9H2. The van der Waals surface area contributed by atoms with Crippen LogP contribution in [0.2, 0.25) is 0 Å². The van der Waals surface area contributed by atoms with Crippen molar-refractivity contribution in [2.24, 2.45) is 0 Å². The highest BCUT2D eigenvalue weighted by atomic mass is 79.9. The summed E-state index contributed by atoms with van der Waals surface area (Å²) in [5.41, 5.74) is 1.04. The molecule has 3 heterocycles. The SMILES string of the molecule is Brc1cncc(NCC2CN3CCCC3CO2)c1.